The zero-order chi connectivity index (χ0) is 27.5. The summed E-state index contributed by atoms with van der Waals surface area (Å²) in [5.74, 6) is -1.58. The number of aromatic nitrogens is 2. The molecule has 1 amide bonds. The Bertz CT molecular complexity index is 1210. The number of piperidine rings is 1. The highest BCUT2D eigenvalue weighted by molar-refractivity contribution is 6.43. The molecule has 1 saturated heterocycles. The maximum absolute atomic E-state index is 13.0. The highest BCUT2D eigenvalue weighted by Gasteiger charge is 2.35. The first kappa shape index (κ1) is 28.6. The van der Waals surface area contributed by atoms with E-state index in [1.54, 1.807) is 45.9 Å². The van der Waals surface area contributed by atoms with Gasteiger partial charge in [-0.2, -0.15) is 0 Å². The van der Waals surface area contributed by atoms with Crippen molar-refractivity contribution in [2.75, 3.05) is 24.5 Å². The van der Waals surface area contributed by atoms with Crippen LogP contribution in [-0.2, 0) is 14.3 Å². The molecular formula is C25H31Cl2N5O5. The standard InChI is InChI=1S/C25H31Cl2N5O5/c1-14-18(15-7-6-8-16(26)19(15)27)20(21(34)36-17(33)13-28)30-22(29-14)32-11-9-25(5,10-12-32)31-23(35)37-24(2,3)4/h6-8H,9-13,28H2,1-5H3,(H,31,35). The molecule has 3 N–H and O–H groups in total. The van der Waals surface area contributed by atoms with Crippen LogP contribution in [0.3, 0.4) is 0 Å². The molecule has 1 aromatic heterocycles. The number of carbonyl (C=O) groups excluding carboxylic acids is 3. The number of ether oxygens (including phenoxy) is 2. The van der Waals surface area contributed by atoms with Crippen LogP contribution >= 0.6 is 23.2 Å². The van der Waals surface area contributed by atoms with Gasteiger partial charge in [0.2, 0.25) is 5.95 Å². The van der Waals surface area contributed by atoms with E-state index < -0.39 is 35.7 Å². The fraction of sp³-hybridized carbons (Fsp3) is 0.480. The van der Waals surface area contributed by atoms with Gasteiger partial charge in [0.05, 0.1) is 22.3 Å². The average Bonchev–Trinajstić information content (AvgIpc) is 2.79. The molecule has 0 spiro atoms. The number of alkyl carbamates (subject to hydrolysis) is 1. The third-order valence-electron chi connectivity index (χ3n) is 5.82. The van der Waals surface area contributed by atoms with Crippen LogP contribution in [0.4, 0.5) is 10.7 Å². The average molecular weight is 552 g/mol. The highest BCUT2D eigenvalue weighted by Crippen LogP contribution is 2.37. The lowest BCUT2D eigenvalue weighted by Crippen LogP contribution is -2.54. The number of amides is 1. The number of anilines is 1. The number of aryl methyl sites for hydroxylation is 1. The summed E-state index contributed by atoms with van der Waals surface area (Å²) in [6.07, 6.45) is 0.692. The van der Waals surface area contributed by atoms with Crippen LogP contribution in [0.1, 0.15) is 56.7 Å². The molecule has 1 aromatic carbocycles. The summed E-state index contributed by atoms with van der Waals surface area (Å²) in [7, 11) is 0. The fourth-order valence-electron chi connectivity index (χ4n) is 3.94. The molecule has 2 aromatic rings. The van der Waals surface area contributed by atoms with Gasteiger partial charge in [0, 0.05) is 29.8 Å². The highest BCUT2D eigenvalue weighted by atomic mass is 35.5. The van der Waals surface area contributed by atoms with Gasteiger partial charge in [-0.25, -0.2) is 19.6 Å². The Morgan fingerprint density at radius 3 is 2.41 bits per heavy atom. The summed E-state index contributed by atoms with van der Waals surface area (Å²) >= 11 is 12.6. The molecule has 0 saturated carbocycles. The van der Waals surface area contributed by atoms with Gasteiger partial charge in [-0.15, -0.1) is 0 Å². The molecule has 0 unspecified atom stereocenters. The molecule has 3 rings (SSSR count). The first-order valence-electron chi connectivity index (χ1n) is 11.8. The third-order valence-corrected chi connectivity index (χ3v) is 6.64. The molecule has 200 valence electrons. The van der Waals surface area contributed by atoms with Gasteiger partial charge in [0.15, 0.2) is 5.69 Å². The summed E-state index contributed by atoms with van der Waals surface area (Å²) in [6.45, 7) is 9.61. The van der Waals surface area contributed by atoms with Gasteiger partial charge in [0.1, 0.15) is 5.60 Å². The molecule has 1 aliphatic rings. The molecule has 0 aliphatic carbocycles. The number of rotatable bonds is 5. The molecule has 2 heterocycles. The number of esters is 2. The molecule has 0 radical (unpaired) electrons. The Balaban J connectivity index is 1.92. The first-order chi connectivity index (χ1) is 17.2. The Kier molecular flexibility index (Phi) is 8.66. The second kappa shape index (κ2) is 11.2. The summed E-state index contributed by atoms with van der Waals surface area (Å²) < 4.78 is 10.3. The van der Waals surface area contributed by atoms with Gasteiger partial charge in [-0.05, 0) is 53.5 Å². The van der Waals surface area contributed by atoms with Crippen LogP contribution in [0.15, 0.2) is 18.2 Å². The van der Waals surface area contributed by atoms with Crippen LogP contribution in [-0.4, -0.2) is 58.8 Å². The SMILES string of the molecule is Cc1nc(N2CCC(C)(NC(=O)OC(C)(C)C)CC2)nc(C(=O)OC(=O)CN)c1-c1cccc(Cl)c1Cl. The van der Waals surface area contributed by atoms with Crippen molar-refractivity contribution in [2.24, 2.45) is 5.73 Å². The van der Waals surface area contributed by atoms with E-state index in [1.807, 2.05) is 11.8 Å². The minimum atomic E-state index is -0.971. The minimum Gasteiger partial charge on any atom is -0.444 e. The zero-order valence-corrected chi connectivity index (χ0v) is 23.0. The van der Waals surface area contributed by atoms with E-state index in [1.165, 1.54) is 0 Å². The third kappa shape index (κ3) is 7.09. The number of nitrogens with two attached hydrogens (primary N) is 1. The molecule has 0 bridgehead atoms. The molecule has 12 heteroatoms. The van der Waals surface area contributed by atoms with Crippen molar-refractivity contribution >= 4 is 47.2 Å². The normalized spacial score (nSPS) is 15.2. The molecular weight excluding hydrogens is 521 g/mol. The Labute approximate surface area is 225 Å². The predicted octanol–water partition coefficient (Wildman–Crippen LogP) is 4.28. The lowest BCUT2D eigenvalue weighted by atomic mass is 9.90. The van der Waals surface area contributed by atoms with Crippen LogP contribution in [0.2, 0.25) is 10.0 Å². The second-order valence-corrected chi connectivity index (χ2v) is 10.9. The van der Waals surface area contributed by atoms with Gasteiger partial charge in [-0.1, -0.05) is 35.3 Å². The van der Waals surface area contributed by atoms with E-state index >= 15 is 0 Å². The van der Waals surface area contributed by atoms with Crippen molar-refractivity contribution in [1.82, 2.24) is 15.3 Å². The van der Waals surface area contributed by atoms with E-state index in [0.717, 1.165) is 0 Å². The van der Waals surface area contributed by atoms with E-state index in [-0.39, 0.29) is 21.7 Å². The summed E-state index contributed by atoms with van der Waals surface area (Å²) in [4.78, 5) is 48.1. The monoisotopic (exact) mass is 551 g/mol. The van der Waals surface area contributed by atoms with Crippen LogP contribution < -0.4 is 16.0 Å². The number of halogens is 2. The fourth-order valence-corrected chi connectivity index (χ4v) is 4.33. The molecule has 1 aliphatic heterocycles. The van der Waals surface area contributed by atoms with Gasteiger partial charge < -0.3 is 25.4 Å². The van der Waals surface area contributed by atoms with Gasteiger partial charge in [0.25, 0.3) is 0 Å². The number of hydrogen-bond donors (Lipinski definition) is 2. The Morgan fingerprint density at radius 2 is 1.81 bits per heavy atom. The van der Waals surface area contributed by atoms with E-state index in [0.29, 0.717) is 42.8 Å². The van der Waals surface area contributed by atoms with Crippen molar-refractivity contribution in [3.8, 4) is 11.1 Å². The number of hydrogen-bond acceptors (Lipinski definition) is 9. The van der Waals surface area contributed by atoms with Crippen molar-refractivity contribution in [3.05, 3.63) is 39.6 Å². The van der Waals surface area contributed by atoms with Crippen molar-refractivity contribution < 1.29 is 23.9 Å². The summed E-state index contributed by atoms with van der Waals surface area (Å²) in [5.41, 5.74) is 5.28. The quantitative estimate of drug-likeness (QED) is 0.411. The molecule has 37 heavy (non-hydrogen) atoms. The lowest BCUT2D eigenvalue weighted by molar-refractivity contribution is -0.136. The maximum Gasteiger partial charge on any atom is 0.408 e. The largest absolute Gasteiger partial charge is 0.444 e. The minimum absolute atomic E-state index is 0.131. The van der Waals surface area contributed by atoms with E-state index in [4.69, 9.17) is 38.4 Å². The van der Waals surface area contributed by atoms with Gasteiger partial charge in [-0.3, -0.25) is 4.79 Å². The van der Waals surface area contributed by atoms with Crippen LogP contribution in [0, 0.1) is 6.92 Å². The number of carbonyl (C=O) groups is 3. The Hall–Kier alpha value is -2.95. The topological polar surface area (TPSA) is 137 Å². The van der Waals surface area contributed by atoms with E-state index in [9.17, 15) is 14.4 Å². The predicted molar refractivity (Wildman–Crippen MR) is 141 cm³/mol. The van der Waals surface area contributed by atoms with Crippen molar-refractivity contribution in [1.29, 1.82) is 0 Å². The van der Waals surface area contributed by atoms with Crippen LogP contribution in [0.25, 0.3) is 11.1 Å². The lowest BCUT2D eigenvalue weighted by Gasteiger charge is -2.40. The smallest absolute Gasteiger partial charge is 0.408 e. The first-order valence-corrected chi connectivity index (χ1v) is 12.5. The molecule has 0 atom stereocenters. The second-order valence-electron chi connectivity index (χ2n) is 10.1. The maximum atomic E-state index is 13.0. The Morgan fingerprint density at radius 1 is 1.16 bits per heavy atom. The van der Waals surface area contributed by atoms with Crippen molar-refractivity contribution in [3.63, 3.8) is 0 Å². The summed E-state index contributed by atoms with van der Waals surface area (Å²) in [5, 5.41) is 3.45. The molecule has 10 nitrogen and oxygen atoms in total. The van der Waals surface area contributed by atoms with Crippen molar-refractivity contribution in [2.45, 2.75) is 58.6 Å². The summed E-state index contributed by atoms with van der Waals surface area (Å²) in [6, 6.07) is 4.97. The number of nitrogens with one attached hydrogen (secondary N) is 1. The molecule has 1 fully saturated rings. The number of benzene rings is 1. The van der Waals surface area contributed by atoms with Crippen LogP contribution in [0.5, 0.6) is 0 Å². The zero-order valence-electron chi connectivity index (χ0n) is 21.5. The van der Waals surface area contributed by atoms with Gasteiger partial charge >= 0.3 is 18.0 Å². The van der Waals surface area contributed by atoms with E-state index in [2.05, 4.69) is 15.3 Å². The number of nitrogens with zero attached hydrogens (tertiary/aromatic N) is 3.